The third-order valence-electron chi connectivity index (χ3n) is 5.18. The molecule has 9 nitrogen and oxygen atoms in total. The molecule has 0 saturated heterocycles. The number of ether oxygens (including phenoxy) is 1. The van der Waals surface area contributed by atoms with Crippen molar-refractivity contribution >= 4 is 34.5 Å². The normalized spacial score (nSPS) is 15.6. The van der Waals surface area contributed by atoms with Crippen molar-refractivity contribution in [2.24, 2.45) is 5.10 Å². The SMILES string of the molecule is O=C(/C=C\c1cccc([N+](=O)[O-])c1)N1N=C(c2ccncc2)OC1c1c[nH]c2ccccc12. The molecule has 2 aromatic carbocycles. The average Bonchev–Trinajstić information content (AvgIpc) is 3.48. The second-order valence-electron chi connectivity index (χ2n) is 7.27. The summed E-state index contributed by atoms with van der Waals surface area (Å²) in [4.78, 5) is 30.9. The molecule has 0 radical (unpaired) electrons. The number of hydrogen-bond donors (Lipinski definition) is 1. The fourth-order valence-corrected chi connectivity index (χ4v) is 3.59. The fraction of sp³-hybridized carbons (Fsp3) is 0.0417. The molecule has 1 unspecified atom stereocenters. The van der Waals surface area contributed by atoms with E-state index < -0.39 is 17.1 Å². The van der Waals surface area contributed by atoms with E-state index in [1.165, 1.54) is 29.3 Å². The summed E-state index contributed by atoms with van der Waals surface area (Å²) in [6.07, 6.45) is 7.09. The zero-order valence-electron chi connectivity index (χ0n) is 17.2. The zero-order valence-corrected chi connectivity index (χ0v) is 17.2. The summed E-state index contributed by atoms with van der Waals surface area (Å²) >= 11 is 0. The van der Waals surface area contributed by atoms with Gasteiger partial charge in [0.05, 0.1) is 4.92 Å². The Bertz CT molecular complexity index is 1410. The summed E-state index contributed by atoms with van der Waals surface area (Å²) in [5.41, 5.74) is 2.83. The molecule has 9 heteroatoms. The van der Waals surface area contributed by atoms with E-state index in [0.717, 1.165) is 16.5 Å². The maximum atomic E-state index is 13.2. The average molecular weight is 439 g/mol. The lowest BCUT2D eigenvalue weighted by Crippen LogP contribution is -2.26. The van der Waals surface area contributed by atoms with Crippen molar-refractivity contribution in [2.45, 2.75) is 6.23 Å². The molecule has 1 amide bonds. The number of fused-ring (bicyclic) bond motifs is 1. The van der Waals surface area contributed by atoms with E-state index >= 15 is 0 Å². The molecule has 1 atom stereocenters. The molecular formula is C24H17N5O4. The number of carbonyl (C=O) groups is 1. The summed E-state index contributed by atoms with van der Waals surface area (Å²) in [6, 6.07) is 17.2. The number of amides is 1. The van der Waals surface area contributed by atoms with Crippen molar-refractivity contribution in [1.82, 2.24) is 15.0 Å². The molecule has 2 aromatic heterocycles. The predicted molar refractivity (Wildman–Crippen MR) is 122 cm³/mol. The summed E-state index contributed by atoms with van der Waals surface area (Å²) in [6.45, 7) is 0. The van der Waals surface area contributed by atoms with Crippen LogP contribution in [0.4, 0.5) is 5.69 Å². The number of nitro benzene ring substituents is 1. The standard InChI is InChI=1S/C24H17N5O4/c30-22(9-8-16-4-3-5-18(14-16)29(31)32)28-24(20-15-26-21-7-2-1-6-19(20)21)33-23(27-28)17-10-12-25-13-11-17/h1-15,24,26H/b9-8-. The van der Waals surface area contributed by atoms with Crippen molar-refractivity contribution in [3.63, 3.8) is 0 Å². The number of aromatic nitrogens is 2. The lowest BCUT2D eigenvalue weighted by Gasteiger charge is -2.18. The van der Waals surface area contributed by atoms with Crippen LogP contribution in [0.3, 0.4) is 0 Å². The Balaban J connectivity index is 1.49. The van der Waals surface area contributed by atoms with Crippen LogP contribution in [0.1, 0.15) is 22.9 Å². The molecule has 33 heavy (non-hydrogen) atoms. The number of hydrazone groups is 1. The molecule has 0 aliphatic carbocycles. The molecule has 1 N–H and O–H groups in total. The van der Waals surface area contributed by atoms with Crippen LogP contribution in [0.25, 0.3) is 17.0 Å². The highest BCUT2D eigenvalue weighted by atomic mass is 16.6. The van der Waals surface area contributed by atoms with E-state index in [1.54, 1.807) is 42.9 Å². The summed E-state index contributed by atoms with van der Waals surface area (Å²) in [5.74, 6) is -0.134. The molecule has 0 bridgehead atoms. The van der Waals surface area contributed by atoms with E-state index in [9.17, 15) is 14.9 Å². The fourth-order valence-electron chi connectivity index (χ4n) is 3.59. The summed E-state index contributed by atoms with van der Waals surface area (Å²) < 4.78 is 6.12. The van der Waals surface area contributed by atoms with Gasteiger partial charge in [0.15, 0.2) is 0 Å². The molecule has 1 aliphatic heterocycles. The highest BCUT2D eigenvalue weighted by molar-refractivity contribution is 5.99. The number of para-hydroxylation sites is 1. The van der Waals surface area contributed by atoms with Crippen LogP contribution >= 0.6 is 0 Å². The van der Waals surface area contributed by atoms with Gasteiger partial charge in [-0.15, -0.1) is 5.10 Å². The minimum absolute atomic E-state index is 0.0521. The number of hydrogen-bond acceptors (Lipinski definition) is 6. The van der Waals surface area contributed by atoms with Crippen LogP contribution < -0.4 is 0 Å². The first kappa shape index (κ1) is 20.1. The number of pyridine rings is 1. The first-order valence-corrected chi connectivity index (χ1v) is 10.1. The molecule has 0 fully saturated rings. The van der Waals surface area contributed by atoms with Gasteiger partial charge in [-0.25, -0.2) is 0 Å². The molecule has 162 valence electrons. The molecule has 3 heterocycles. The van der Waals surface area contributed by atoms with E-state index in [-0.39, 0.29) is 5.69 Å². The van der Waals surface area contributed by atoms with Gasteiger partial charge in [-0.2, -0.15) is 5.01 Å². The van der Waals surface area contributed by atoms with Crippen molar-refractivity contribution in [1.29, 1.82) is 0 Å². The number of nitrogens with one attached hydrogen (secondary N) is 1. The van der Waals surface area contributed by atoms with Crippen LogP contribution in [0.15, 0.2) is 90.4 Å². The molecule has 1 aliphatic rings. The molecular weight excluding hydrogens is 422 g/mol. The number of nitro groups is 1. The van der Waals surface area contributed by atoms with Gasteiger partial charge in [0, 0.05) is 58.8 Å². The second-order valence-corrected chi connectivity index (χ2v) is 7.27. The molecule has 5 rings (SSSR count). The summed E-state index contributed by atoms with van der Waals surface area (Å²) in [7, 11) is 0. The Morgan fingerprint density at radius 2 is 1.94 bits per heavy atom. The number of aromatic amines is 1. The monoisotopic (exact) mass is 439 g/mol. The highest BCUT2D eigenvalue weighted by Gasteiger charge is 2.35. The van der Waals surface area contributed by atoms with Gasteiger partial charge in [0.2, 0.25) is 12.1 Å². The molecule has 4 aromatic rings. The number of H-pyrrole nitrogens is 1. The predicted octanol–water partition coefficient (Wildman–Crippen LogP) is 4.40. The maximum Gasteiger partial charge on any atom is 0.270 e. The second kappa shape index (κ2) is 8.39. The van der Waals surface area contributed by atoms with Crippen LogP contribution in [0, 0.1) is 10.1 Å². The van der Waals surface area contributed by atoms with Gasteiger partial charge >= 0.3 is 0 Å². The van der Waals surface area contributed by atoms with E-state index in [0.29, 0.717) is 17.0 Å². The highest BCUT2D eigenvalue weighted by Crippen LogP contribution is 2.34. The zero-order chi connectivity index (χ0) is 22.8. The number of nitrogens with zero attached hydrogens (tertiary/aromatic N) is 4. The van der Waals surface area contributed by atoms with Crippen LogP contribution in [0.5, 0.6) is 0 Å². The number of rotatable bonds is 5. The van der Waals surface area contributed by atoms with E-state index in [2.05, 4.69) is 15.1 Å². The van der Waals surface area contributed by atoms with Crippen molar-refractivity contribution in [3.8, 4) is 0 Å². The number of carbonyl (C=O) groups excluding carboxylic acids is 1. The third-order valence-corrected chi connectivity index (χ3v) is 5.18. The Kier molecular flexibility index (Phi) is 5.12. The Hall–Kier alpha value is -4.79. The maximum absolute atomic E-state index is 13.2. The Labute approximate surface area is 187 Å². The first-order chi connectivity index (χ1) is 16.1. The van der Waals surface area contributed by atoms with Crippen LogP contribution in [-0.4, -0.2) is 31.7 Å². The summed E-state index contributed by atoms with van der Waals surface area (Å²) in [5, 5.41) is 17.6. The van der Waals surface area contributed by atoms with Crippen molar-refractivity contribution in [3.05, 3.63) is 112 Å². The molecule has 0 spiro atoms. The third kappa shape index (κ3) is 3.94. The largest absolute Gasteiger partial charge is 0.446 e. The Morgan fingerprint density at radius 3 is 2.76 bits per heavy atom. The van der Waals surface area contributed by atoms with Gasteiger partial charge in [0.1, 0.15) is 0 Å². The van der Waals surface area contributed by atoms with Gasteiger partial charge in [0.25, 0.3) is 11.6 Å². The number of benzene rings is 2. The van der Waals surface area contributed by atoms with Gasteiger partial charge < -0.3 is 9.72 Å². The van der Waals surface area contributed by atoms with Crippen molar-refractivity contribution < 1.29 is 14.5 Å². The van der Waals surface area contributed by atoms with Crippen LogP contribution in [0.2, 0.25) is 0 Å². The topological polar surface area (TPSA) is 114 Å². The minimum atomic E-state index is -0.786. The number of non-ortho nitro benzene ring substituents is 1. The molecule has 0 saturated carbocycles. The lowest BCUT2D eigenvalue weighted by atomic mass is 10.1. The van der Waals surface area contributed by atoms with E-state index in [1.807, 2.05) is 24.3 Å². The quantitative estimate of drug-likeness (QED) is 0.281. The van der Waals surface area contributed by atoms with E-state index in [4.69, 9.17) is 4.74 Å². The van der Waals surface area contributed by atoms with Gasteiger partial charge in [-0.3, -0.25) is 19.9 Å². The van der Waals surface area contributed by atoms with Crippen LogP contribution in [-0.2, 0) is 9.53 Å². The lowest BCUT2D eigenvalue weighted by molar-refractivity contribution is -0.384. The first-order valence-electron chi connectivity index (χ1n) is 10.1. The Morgan fingerprint density at radius 1 is 1.12 bits per heavy atom. The minimum Gasteiger partial charge on any atom is -0.446 e. The van der Waals surface area contributed by atoms with Crippen molar-refractivity contribution in [2.75, 3.05) is 0 Å². The van der Waals surface area contributed by atoms with Gasteiger partial charge in [-0.05, 0) is 29.8 Å². The smallest absolute Gasteiger partial charge is 0.270 e. The van der Waals surface area contributed by atoms with Gasteiger partial charge in [-0.1, -0.05) is 30.3 Å².